The number of carboxylic acids is 1. The molecule has 0 aliphatic rings. The number of carbonyl (C=O) groups is 2. The molecular formula is C11H20O5. The highest BCUT2D eigenvalue weighted by atomic mass is 16.5. The van der Waals surface area contributed by atoms with Crippen LogP contribution in [0.2, 0.25) is 0 Å². The molecule has 0 aliphatic carbocycles. The maximum atomic E-state index is 11.3. The molecule has 16 heavy (non-hydrogen) atoms. The van der Waals surface area contributed by atoms with Crippen molar-refractivity contribution in [3.05, 3.63) is 0 Å². The van der Waals surface area contributed by atoms with E-state index < -0.39 is 17.4 Å². The average molecular weight is 232 g/mol. The summed E-state index contributed by atoms with van der Waals surface area (Å²) in [6, 6.07) is 0. The summed E-state index contributed by atoms with van der Waals surface area (Å²) in [4.78, 5) is 22.3. The third-order valence-electron chi connectivity index (χ3n) is 2.50. The van der Waals surface area contributed by atoms with Gasteiger partial charge in [0, 0.05) is 13.2 Å². The van der Waals surface area contributed by atoms with Crippen LogP contribution >= 0.6 is 0 Å². The van der Waals surface area contributed by atoms with E-state index in [0.29, 0.717) is 6.61 Å². The summed E-state index contributed by atoms with van der Waals surface area (Å²) >= 11 is 0. The van der Waals surface area contributed by atoms with Crippen LogP contribution in [0.4, 0.5) is 0 Å². The molecule has 0 aromatic carbocycles. The maximum Gasteiger partial charge on any atom is 0.323 e. The first-order valence-electron chi connectivity index (χ1n) is 5.38. The Morgan fingerprint density at radius 3 is 2.38 bits per heavy atom. The van der Waals surface area contributed by atoms with Crippen LogP contribution in [0, 0.1) is 5.41 Å². The van der Waals surface area contributed by atoms with Gasteiger partial charge in [-0.1, -0.05) is 13.3 Å². The van der Waals surface area contributed by atoms with Gasteiger partial charge in [0.25, 0.3) is 0 Å². The molecule has 0 rings (SSSR count). The number of hydrogen-bond donors (Lipinski definition) is 1. The number of unbranched alkanes of at least 4 members (excludes halogenated alkanes) is 1. The predicted molar refractivity (Wildman–Crippen MR) is 58.1 cm³/mol. The Kier molecular flexibility index (Phi) is 6.72. The number of methoxy groups -OCH3 is 1. The predicted octanol–water partition coefficient (Wildman–Crippen LogP) is 1.46. The largest absolute Gasteiger partial charge is 0.480 e. The lowest BCUT2D eigenvalue weighted by Gasteiger charge is -2.21. The van der Waals surface area contributed by atoms with Crippen molar-refractivity contribution in [1.29, 1.82) is 0 Å². The molecule has 5 heteroatoms. The number of aliphatic carboxylic acids is 1. The van der Waals surface area contributed by atoms with E-state index in [9.17, 15) is 9.59 Å². The van der Waals surface area contributed by atoms with Crippen LogP contribution in [0.25, 0.3) is 0 Å². The normalized spacial score (nSPS) is 14.2. The smallest absolute Gasteiger partial charge is 0.323 e. The number of ether oxygens (including phenoxy) is 2. The molecule has 0 bridgehead atoms. The molecule has 5 nitrogen and oxygen atoms in total. The number of esters is 1. The van der Waals surface area contributed by atoms with Gasteiger partial charge < -0.3 is 14.6 Å². The van der Waals surface area contributed by atoms with E-state index in [2.05, 4.69) is 4.74 Å². The van der Waals surface area contributed by atoms with Gasteiger partial charge in [0.1, 0.15) is 0 Å². The number of carboxylic acid groups (broad SMARTS) is 1. The lowest BCUT2D eigenvalue weighted by Crippen LogP contribution is -2.38. The van der Waals surface area contributed by atoms with Gasteiger partial charge in [-0.2, -0.15) is 0 Å². The lowest BCUT2D eigenvalue weighted by molar-refractivity contribution is -0.167. The van der Waals surface area contributed by atoms with Gasteiger partial charge in [-0.15, -0.1) is 0 Å². The van der Waals surface area contributed by atoms with Crippen LogP contribution in [0.5, 0.6) is 0 Å². The van der Waals surface area contributed by atoms with E-state index in [4.69, 9.17) is 9.84 Å². The molecule has 0 spiro atoms. The van der Waals surface area contributed by atoms with E-state index in [1.165, 1.54) is 14.0 Å². The summed E-state index contributed by atoms with van der Waals surface area (Å²) in [7, 11) is 1.18. The summed E-state index contributed by atoms with van der Waals surface area (Å²) in [5.74, 6) is -1.92. The van der Waals surface area contributed by atoms with Gasteiger partial charge in [-0.05, 0) is 19.8 Å². The summed E-state index contributed by atoms with van der Waals surface area (Å²) in [6.45, 7) is 4.23. The molecule has 0 aromatic rings. The zero-order valence-corrected chi connectivity index (χ0v) is 10.1. The third kappa shape index (κ3) is 4.18. The Hall–Kier alpha value is -1.10. The summed E-state index contributed by atoms with van der Waals surface area (Å²) in [5, 5.41) is 8.98. The minimum absolute atomic E-state index is 0.124. The van der Waals surface area contributed by atoms with Gasteiger partial charge in [0.15, 0.2) is 5.41 Å². The Morgan fingerprint density at radius 1 is 1.31 bits per heavy atom. The van der Waals surface area contributed by atoms with Gasteiger partial charge in [0.05, 0.1) is 7.11 Å². The van der Waals surface area contributed by atoms with Crippen molar-refractivity contribution in [3.8, 4) is 0 Å². The highest BCUT2D eigenvalue weighted by Crippen LogP contribution is 2.23. The molecule has 1 N–H and O–H groups in total. The summed E-state index contributed by atoms with van der Waals surface area (Å²) in [5.41, 5.74) is -1.51. The van der Waals surface area contributed by atoms with E-state index in [1.807, 2.05) is 6.92 Å². The average Bonchev–Trinajstić information content (AvgIpc) is 2.27. The molecule has 0 radical (unpaired) electrons. The van der Waals surface area contributed by atoms with Crippen molar-refractivity contribution < 1.29 is 24.2 Å². The summed E-state index contributed by atoms with van der Waals surface area (Å²) < 4.78 is 9.72. The first-order chi connectivity index (χ1) is 7.49. The second-order valence-corrected chi connectivity index (χ2v) is 3.84. The van der Waals surface area contributed by atoms with E-state index in [-0.39, 0.29) is 13.0 Å². The SMILES string of the molecule is CCCCOCCC(C)(C(=O)O)C(=O)OC. The molecule has 0 aromatic heterocycles. The molecule has 0 aliphatic heterocycles. The van der Waals surface area contributed by atoms with Crippen molar-refractivity contribution in [2.24, 2.45) is 5.41 Å². The van der Waals surface area contributed by atoms with Crippen molar-refractivity contribution in [1.82, 2.24) is 0 Å². The zero-order chi connectivity index (χ0) is 12.6. The molecule has 0 fully saturated rings. The fourth-order valence-electron chi connectivity index (χ4n) is 1.15. The van der Waals surface area contributed by atoms with Crippen molar-refractivity contribution in [2.45, 2.75) is 33.1 Å². The molecule has 0 saturated carbocycles. The van der Waals surface area contributed by atoms with Gasteiger partial charge in [-0.25, -0.2) is 0 Å². The zero-order valence-electron chi connectivity index (χ0n) is 10.1. The number of carbonyl (C=O) groups excluding carboxylic acids is 1. The molecular weight excluding hydrogens is 212 g/mol. The molecule has 1 atom stereocenters. The Morgan fingerprint density at radius 2 is 1.94 bits per heavy atom. The highest BCUT2D eigenvalue weighted by Gasteiger charge is 2.42. The number of hydrogen-bond acceptors (Lipinski definition) is 4. The van der Waals surface area contributed by atoms with Crippen LogP contribution < -0.4 is 0 Å². The van der Waals surface area contributed by atoms with E-state index in [0.717, 1.165) is 12.8 Å². The monoisotopic (exact) mass is 232 g/mol. The van der Waals surface area contributed by atoms with Crippen molar-refractivity contribution in [2.75, 3.05) is 20.3 Å². The van der Waals surface area contributed by atoms with Crippen LogP contribution in [-0.2, 0) is 19.1 Å². The van der Waals surface area contributed by atoms with Crippen LogP contribution in [0.1, 0.15) is 33.1 Å². The van der Waals surface area contributed by atoms with Crippen LogP contribution in [-0.4, -0.2) is 37.4 Å². The van der Waals surface area contributed by atoms with Crippen molar-refractivity contribution >= 4 is 11.9 Å². The first kappa shape index (κ1) is 14.9. The van der Waals surface area contributed by atoms with Crippen LogP contribution in [0.15, 0.2) is 0 Å². The minimum Gasteiger partial charge on any atom is -0.480 e. The number of rotatable bonds is 8. The first-order valence-corrected chi connectivity index (χ1v) is 5.38. The second-order valence-electron chi connectivity index (χ2n) is 3.84. The second kappa shape index (κ2) is 7.22. The van der Waals surface area contributed by atoms with Crippen molar-refractivity contribution in [3.63, 3.8) is 0 Å². The quantitative estimate of drug-likeness (QED) is 0.389. The Balaban J connectivity index is 4.14. The lowest BCUT2D eigenvalue weighted by atomic mass is 9.87. The van der Waals surface area contributed by atoms with Gasteiger partial charge in [-0.3, -0.25) is 9.59 Å². The fourth-order valence-corrected chi connectivity index (χ4v) is 1.15. The molecule has 0 amide bonds. The molecule has 94 valence electrons. The van der Waals surface area contributed by atoms with Gasteiger partial charge >= 0.3 is 11.9 Å². The standard InChI is InChI=1S/C11H20O5/c1-4-5-7-16-8-6-11(2,9(12)13)10(14)15-3/h4-8H2,1-3H3,(H,12,13). The topological polar surface area (TPSA) is 72.8 Å². The Bertz CT molecular complexity index is 239. The fraction of sp³-hybridized carbons (Fsp3) is 0.818. The third-order valence-corrected chi connectivity index (χ3v) is 2.50. The molecule has 0 heterocycles. The summed E-state index contributed by atoms with van der Waals surface area (Å²) in [6.07, 6.45) is 2.08. The molecule has 1 unspecified atom stereocenters. The van der Waals surface area contributed by atoms with E-state index in [1.54, 1.807) is 0 Å². The van der Waals surface area contributed by atoms with Crippen LogP contribution in [0.3, 0.4) is 0 Å². The highest BCUT2D eigenvalue weighted by molar-refractivity contribution is 5.98. The minimum atomic E-state index is -1.51. The van der Waals surface area contributed by atoms with Gasteiger partial charge in [0.2, 0.25) is 0 Å². The maximum absolute atomic E-state index is 11.3. The molecule has 0 saturated heterocycles. The van der Waals surface area contributed by atoms with E-state index >= 15 is 0 Å². The Labute approximate surface area is 95.7 Å².